The highest BCUT2D eigenvalue weighted by Gasteiger charge is 2.37. The Morgan fingerprint density at radius 2 is 1.71 bits per heavy atom. The SMILES string of the molecule is CC(=O)Nc1cccc(NC(=O)C2CC(=O)N(c3ccc(F)c(F)c3F)C2)c1. The summed E-state index contributed by atoms with van der Waals surface area (Å²) in [5.74, 6) is -6.64. The van der Waals surface area contributed by atoms with Crippen molar-refractivity contribution in [2.45, 2.75) is 13.3 Å². The maximum absolute atomic E-state index is 14.0. The molecule has 1 fully saturated rings. The quantitative estimate of drug-likeness (QED) is 0.787. The normalized spacial score (nSPS) is 16.2. The molecule has 1 atom stereocenters. The third-order valence-electron chi connectivity index (χ3n) is 4.25. The molecule has 6 nitrogen and oxygen atoms in total. The van der Waals surface area contributed by atoms with E-state index in [1.165, 1.54) is 6.92 Å². The first-order valence-electron chi connectivity index (χ1n) is 8.38. The van der Waals surface area contributed by atoms with Gasteiger partial charge >= 0.3 is 0 Å². The van der Waals surface area contributed by atoms with Crippen LogP contribution >= 0.6 is 0 Å². The van der Waals surface area contributed by atoms with Crippen molar-refractivity contribution in [3.8, 4) is 0 Å². The molecule has 3 rings (SSSR count). The van der Waals surface area contributed by atoms with Gasteiger partial charge in [0.1, 0.15) is 0 Å². The molecule has 0 bridgehead atoms. The number of carbonyl (C=O) groups excluding carboxylic acids is 3. The van der Waals surface area contributed by atoms with E-state index in [1.54, 1.807) is 24.3 Å². The molecule has 1 heterocycles. The van der Waals surface area contributed by atoms with Crippen molar-refractivity contribution in [1.82, 2.24) is 0 Å². The Kier molecular flexibility index (Phi) is 5.34. The van der Waals surface area contributed by atoms with Crippen molar-refractivity contribution in [1.29, 1.82) is 0 Å². The molecule has 2 aromatic rings. The highest BCUT2D eigenvalue weighted by atomic mass is 19.2. The Morgan fingerprint density at radius 3 is 2.39 bits per heavy atom. The molecule has 0 aromatic heterocycles. The van der Waals surface area contributed by atoms with E-state index in [1.807, 2.05) is 0 Å². The number of carbonyl (C=O) groups is 3. The van der Waals surface area contributed by atoms with Gasteiger partial charge in [-0.25, -0.2) is 13.2 Å². The van der Waals surface area contributed by atoms with E-state index in [4.69, 9.17) is 0 Å². The first kappa shape index (κ1) is 19.4. The number of hydrogen-bond donors (Lipinski definition) is 2. The highest BCUT2D eigenvalue weighted by Crippen LogP contribution is 2.30. The predicted molar refractivity (Wildman–Crippen MR) is 96.2 cm³/mol. The molecule has 1 saturated heterocycles. The second-order valence-corrected chi connectivity index (χ2v) is 6.35. The van der Waals surface area contributed by atoms with Crippen molar-refractivity contribution in [2.24, 2.45) is 5.92 Å². The minimum Gasteiger partial charge on any atom is -0.326 e. The monoisotopic (exact) mass is 391 g/mol. The van der Waals surface area contributed by atoms with Crippen molar-refractivity contribution < 1.29 is 27.6 Å². The molecule has 3 amide bonds. The lowest BCUT2D eigenvalue weighted by Crippen LogP contribution is -2.29. The third-order valence-corrected chi connectivity index (χ3v) is 4.25. The van der Waals surface area contributed by atoms with E-state index < -0.39 is 40.9 Å². The van der Waals surface area contributed by atoms with Crippen LogP contribution in [0.15, 0.2) is 36.4 Å². The van der Waals surface area contributed by atoms with Crippen LogP contribution in [-0.2, 0) is 14.4 Å². The summed E-state index contributed by atoms with van der Waals surface area (Å²) in [5, 5.41) is 5.21. The number of amides is 3. The van der Waals surface area contributed by atoms with Crippen LogP contribution in [0.2, 0.25) is 0 Å². The molecule has 28 heavy (non-hydrogen) atoms. The van der Waals surface area contributed by atoms with Gasteiger partial charge in [-0.15, -0.1) is 0 Å². The zero-order chi connectivity index (χ0) is 20.4. The van der Waals surface area contributed by atoms with E-state index in [9.17, 15) is 27.6 Å². The van der Waals surface area contributed by atoms with Crippen LogP contribution in [0.3, 0.4) is 0 Å². The topological polar surface area (TPSA) is 78.5 Å². The average Bonchev–Trinajstić information content (AvgIpc) is 3.01. The Labute approximate surface area is 158 Å². The number of nitrogens with one attached hydrogen (secondary N) is 2. The fraction of sp³-hybridized carbons (Fsp3) is 0.211. The molecule has 9 heteroatoms. The lowest BCUT2D eigenvalue weighted by Gasteiger charge is -2.18. The molecule has 0 radical (unpaired) electrons. The average molecular weight is 391 g/mol. The standard InChI is InChI=1S/C19H16F3N3O3/c1-10(26)23-12-3-2-4-13(8-12)24-19(28)11-7-16(27)25(9-11)15-6-5-14(20)17(21)18(15)22/h2-6,8,11H,7,9H2,1H3,(H,23,26)(H,24,28). The molecule has 1 aliphatic heterocycles. The van der Waals surface area contributed by atoms with Crippen LogP contribution in [0.25, 0.3) is 0 Å². The van der Waals surface area contributed by atoms with Gasteiger partial charge in [-0.3, -0.25) is 14.4 Å². The van der Waals surface area contributed by atoms with Gasteiger partial charge in [0.2, 0.25) is 17.7 Å². The minimum atomic E-state index is -1.67. The Morgan fingerprint density at radius 1 is 1.04 bits per heavy atom. The summed E-state index contributed by atoms with van der Waals surface area (Å²) < 4.78 is 40.5. The number of anilines is 3. The van der Waals surface area contributed by atoms with Crippen LogP contribution in [0.5, 0.6) is 0 Å². The van der Waals surface area contributed by atoms with Crippen LogP contribution in [-0.4, -0.2) is 24.3 Å². The fourth-order valence-electron chi connectivity index (χ4n) is 2.96. The highest BCUT2D eigenvalue weighted by molar-refractivity contribution is 6.03. The Balaban J connectivity index is 1.72. The first-order chi connectivity index (χ1) is 13.3. The largest absolute Gasteiger partial charge is 0.326 e. The van der Waals surface area contributed by atoms with E-state index >= 15 is 0 Å². The number of halogens is 3. The van der Waals surface area contributed by atoms with Gasteiger partial charge in [0.25, 0.3) is 0 Å². The van der Waals surface area contributed by atoms with Gasteiger partial charge in [-0.05, 0) is 30.3 Å². The van der Waals surface area contributed by atoms with Crippen LogP contribution in [0, 0.1) is 23.4 Å². The predicted octanol–water partition coefficient (Wildman–Crippen LogP) is 3.05. The lowest BCUT2D eigenvalue weighted by atomic mass is 10.1. The summed E-state index contributed by atoms with van der Waals surface area (Å²) in [7, 11) is 0. The Hall–Kier alpha value is -3.36. The molecule has 1 aliphatic rings. The van der Waals surface area contributed by atoms with Crippen molar-refractivity contribution in [2.75, 3.05) is 22.1 Å². The molecule has 146 valence electrons. The molecule has 0 spiro atoms. The molecular weight excluding hydrogens is 375 g/mol. The summed E-state index contributed by atoms with van der Waals surface area (Å²) in [6.07, 6.45) is -0.199. The molecule has 1 unspecified atom stereocenters. The Bertz CT molecular complexity index is 965. The number of hydrogen-bond acceptors (Lipinski definition) is 3. The lowest BCUT2D eigenvalue weighted by molar-refractivity contribution is -0.122. The maximum Gasteiger partial charge on any atom is 0.229 e. The summed E-state index contributed by atoms with van der Waals surface area (Å²) >= 11 is 0. The van der Waals surface area contributed by atoms with Crippen molar-refractivity contribution in [3.63, 3.8) is 0 Å². The van der Waals surface area contributed by atoms with Crippen molar-refractivity contribution in [3.05, 3.63) is 53.8 Å². The smallest absolute Gasteiger partial charge is 0.229 e. The minimum absolute atomic E-state index is 0.169. The number of nitrogens with zero attached hydrogens (tertiary/aromatic N) is 1. The van der Waals surface area contributed by atoms with Gasteiger partial charge in [0.05, 0.1) is 11.6 Å². The molecular formula is C19H16F3N3O3. The van der Waals surface area contributed by atoms with E-state index in [-0.39, 0.29) is 18.9 Å². The number of benzene rings is 2. The maximum atomic E-state index is 14.0. The van der Waals surface area contributed by atoms with Gasteiger partial charge in [0, 0.05) is 31.3 Å². The fourth-order valence-corrected chi connectivity index (χ4v) is 2.96. The van der Waals surface area contributed by atoms with Gasteiger partial charge in [0.15, 0.2) is 17.5 Å². The summed E-state index contributed by atoms with van der Waals surface area (Å²) in [6.45, 7) is 1.18. The van der Waals surface area contributed by atoms with Crippen molar-refractivity contribution >= 4 is 34.8 Å². The van der Waals surface area contributed by atoms with Gasteiger partial charge in [-0.1, -0.05) is 6.07 Å². The number of rotatable bonds is 4. The van der Waals surface area contributed by atoms with Crippen LogP contribution in [0.4, 0.5) is 30.2 Å². The third kappa shape index (κ3) is 3.98. The van der Waals surface area contributed by atoms with Crippen LogP contribution < -0.4 is 15.5 Å². The zero-order valence-electron chi connectivity index (χ0n) is 14.8. The zero-order valence-corrected chi connectivity index (χ0v) is 14.8. The van der Waals surface area contributed by atoms with E-state index in [2.05, 4.69) is 10.6 Å². The summed E-state index contributed by atoms with van der Waals surface area (Å²) in [4.78, 5) is 36.7. The first-order valence-corrected chi connectivity index (χ1v) is 8.38. The van der Waals surface area contributed by atoms with E-state index in [0.29, 0.717) is 11.4 Å². The van der Waals surface area contributed by atoms with Crippen LogP contribution in [0.1, 0.15) is 13.3 Å². The second kappa shape index (κ2) is 7.71. The van der Waals surface area contributed by atoms with Gasteiger partial charge < -0.3 is 15.5 Å². The molecule has 2 aromatic carbocycles. The van der Waals surface area contributed by atoms with Gasteiger partial charge in [-0.2, -0.15) is 0 Å². The molecule has 2 N–H and O–H groups in total. The molecule has 0 aliphatic carbocycles. The molecule has 0 saturated carbocycles. The van der Waals surface area contributed by atoms with E-state index in [0.717, 1.165) is 17.0 Å². The summed E-state index contributed by atoms with van der Waals surface area (Å²) in [5.41, 5.74) is 0.478. The summed E-state index contributed by atoms with van der Waals surface area (Å²) in [6, 6.07) is 8.10. The second-order valence-electron chi connectivity index (χ2n) is 6.35.